The van der Waals surface area contributed by atoms with Gasteiger partial charge in [0.15, 0.2) is 0 Å². The van der Waals surface area contributed by atoms with Crippen LogP contribution in [-0.4, -0.2) is 32.3 Å². The number of H-pyrrole nitrogens is 1. The maximum atomic E-state index is 12.9. The van der Waals surface area contributed by atoms with Crippen LogP contribution in [0.4, 0.5) is 5.69 Å². The smallest absolute Gasteiger partial charge is 0.318 e. The van der Waals surface area contributed by atoms with Gasteiger partial charge in [-0.2, -0.15) is 0 Å². The first-order valence-corrected chi connectivity index (χ1v) is 9.74. The second kappa shape index (κ2) is 7.23. The predicted molar refractivity (Wildman–Crippen MR) is 114 cm³/mol. The Labute approximate surface area is 172 Å². The summed E-state index contributed by atoms with van der Waals surface area (Å²) in [5, 5.41) is 12.2. The van der Waals surface area contributed by atoms with Crippen molar-refractivity contribution < 1.29 is 9.72 Å². The predicted octanol–water partition coefficient (Wildman–Crippen LogP) is 2.85. The number of nitrogens with zero attached hydrogens (tertiary/aromatic N) is 3. The molecule has 4 aromatic rings. The number of fused-ring (bicyclic) bond motifs is 2. The molecule has 0 aliphatic rings. The molecular weight excluding hydrogens is 408 g/mol. The number of aromatic nitrogens is 2. The molecular formula is C20H16N4O5S. The molecule has 0 saturated heterocycles. The molecule has 0 aliphatic carbocycles. The molecule has 152 valence electrons. The Kier molecular flexibility index (Phi) is 4.70. The summed E-state index contributed by atoms with van der Waals surface area (Å²) in [5.41, 5.74) is -1.13. The highest BCUT2D eigenvalue weighted by molar-refractivity contribution is 7.20. The summed E-state index contributed by atoms with van der Waals surface area (Å²) in [4.78, 5) is 52.5. The molecule has 4 rings (SSSR count). The summed E-state index contributed by atoms with van der Waals surface area (Å²) in [7, 11) is 1.51. The molecule has 10 heteroatoms. The van der Waals surface area contributed by atoms with Crippen LogP contribution in [0.15, 0.2) is 52.1 Å². The summed E-state index contributed by atoms with van der Waals surface area (Å²) in [5.74, 6) is -0.321. The quantitative estimate of drug-likeness (QED) is 0.307. The minimum Gasteiger partial charge on any atom is -0.323 e. The van der Waals surface area contributed by atoms with Crippen molar-refractivity contribution in [3.8, 4) is 0 Å². The lowest BCUT2D eigenvalue weighted by atomic mass is 10.1. The highest BCUT2D eigenvalue weighted by Crippen LogP contribution is 2.27. The summed E-state index contributed by atoms with van der Waals surface area (Å²) in [6.07, 6.45) is 0. The van der Waals surface area contributed by atoms with Gasteiger partial charge in [0.1, 0.15) is 6.67 Å². The lowest BCUT2D eigenvalue weighted by molar-refractivity contribution is -0.385. The van der Waals surface area contributed by atoms with E-state index in [0.717, 1.165) is 14.7 Å². The summed E-state index contributed by atoms with van der Waals surface area (Å²) < 4.78 is 2.03. The summed E-state index contributed by atoms with van der Waals surface area (Å²) in [6.45, 7) is 1.31. The Morgan fingerprint density at radius 3 is 2.67 bits per heavy atom. The number of aryl methyl sites for hydroxylation is 1. The fourth-order valence-corrected chi connectivity index (χ4v) is 4.36. The van der Waals surface area contributed by atoms with Gasteiger partial charge in [-0.15, -0.1) is 11.3 Å². The van der Waals surface area contributed by atoms with E-state index >= 15 is 0 Å². The van der Waals surface area contributed by atoms with Crippen molar-refractivity contribution in [1.29, 1.82) is 0 Å². The molecule has 0 unspecified atom stereocenters. The van der Waals surface area contributed by atoms with Crippen LogP contribution in [-0.2, 0) is 6.67 Å². The number of hydrogen-bond donors (Lipinski definition) is 1. The van der Waals surface area contributed by atoms with Gasteiger partial charge in [0.05, 0.1) is 20.8 Å². The number of thiophene rings is 1. The van der Waals surface area contributed by atoms with Gasteiger partial charge in [-0.25, -0.2) is 0 Å². The van der Waals surface area contributed by atoms with Crippen molar-refractivity contribution in [3.05, 3.63) is 83.7 Å². The van der Waals surface area contributed by atoms with Crippen LogP contribution in [0.1, 0.15) is 15.2 Å². The van der Waals surface area contributed by atoms with E-state index in [9.17, 15) is 24.5 Å². The van der Waals surface area contributed by atoms with Crippen LogP contribution in [0.2, 0.25) is 0 Å². The van der Waals surface area contributed by atoms with Gasteiger partial charge in [-0.3, -0.25) is 29.1 Å². The van der Waals surface area contributed by atoms with Gasteiger partial charge in [0.2, 0.25) is 0 Å². The number of carbonyl (C=O) groups is 1. The number of nitro groups is 1. The van der Waals surface area contributed by atoms with Crippen molar-refractivity contribution in [1.82, 2.24) is 14.5 Å². The minimum absolute atomic E-state index is 0.174. The highest BCUT2D eigenvalue weighted by Gasteiger charge is 2.20. The number of amides is 1. The number of nitro benzene ring substituents is 1. The first-order chi connectivity index (χ1) is 14.3. The molecule has 0 fully saturated rings. The Morgan fingerprint density at radius 2 is 1.97 bits per heavy atom. The maximum absolute atomic E-state index is 12.9. The van der Waals surface area contributed by atoms with E-state index in [2.05, 4.69) is 4.98 Å². The molecule has 0 saturated carbocycles. The SMILES string of the molecule is Cc1cc2[nH]c(=O)c(=O)n(CN(C)C(=O)c3cc4ccccc4s3)c2cc1[N+](=O)[O-]. The van der Waals surface area contributed by atoms with Crippen LogP contribution in [0.3, 0.4) is 0 Å². The largest absolute Gasteiger partial charge is 0.323 e. The van der Waals surface area contributed by atoms with Crippen LogP contribution in [0.5, 0.6) is 0 Å². The monoisotopic (exact) mass is 424 g/mol. The average molecular weight is 424 g/mol. The zero-order valence-corrected chi connectivity index (χ0v) is 16.9. The number of carbonyl (C=O) groups excluding carboxylic acids is 1. The van der Waals surface area contributed by atoms with Crippen molar-refractivity contribution in [3.63, 3.8) is 0 Å². The second-order valence-corrected chi connectivity index (χ2v) is 7.98. The lowest BCUT2D eigenvalue weighted by Crippen LogP contribution is -2.41. The first-order valence-electron chi connectivity index (χ1n) is 8.92. The second-order valence-electron chi connectivity index (χ2n) is 6.89. The van der Waals surface area contributed by atoms with Gasteiger partial charge in [-0.05, 0) is 30.5 Å². The highest BCUT2D eigenvalue weighted by atomic mass is 32.1. The van der Waals surface area contributed by atoms with Crippen LogP contribution >= 0.6 is 11.3 Å². The normalized spacial score (nSPS) is 11.1. The number of benzene rings is 2. The van der Waals surface area contributed by atoms with E-state index < -0.39 is 16.0 Å². The lowest BCUT2D eigenvalue weighted by Gasteiger charge is -2.19. The summed E-state index contributed by atoms with van der Waals surface area (Å²) in [6, 6.07) is 12.0. The molecule has 2 aromatic carbocycles. The number of hydrogen-bond acceptors (Lipinski definition) is 6. The zero-order valence-electron chi connectivity index (χ0n) is 16.0. The Bertz CT molecular complexity index is 1420. The third-order valence-electron chi connectivity index (χ3n) is 4.83. The minimum atomic E-state index is -0.892. The van der Waals surface area contributed by atoms with Gasteiger partial charge >= 0.3 is 11.1 Å². The average Bonchev–Trinajstić information content (AvgIpc) is 3.14. The van der Waals surface area contributed by atoms with Crippen molar-refractivity contribution in [2.75, 3.05) is 7.05 Å². The third kappa shape index (κ3) is 3.26. The zero-order chi connectivity index (χ0) is 21.6. The van der Waals surface area contributed by atoms with E-state index in [4.69, 9.17) is 0 Å². The third-order valence-corrected chi connectivity index (χ3v) is 5.93. The number of nitrogens with one attached hydrogen (secondary N) is 1. The van der Waals surface area contributed by atoms with Crippen LogP contribution < -0.4 is 11.1 Å². The topological polar surface area (TPSA) is 118 Å². The molecule has 0 bridgehead atoms. The molecule has 0 aliphatic heterocycles. The molecule has 30 heavy (non-hydrogen) atoms. The first kappa shape index (κ1) is 19.5. The van der Waals surface area contributed by atoms with E-state index in [1.807, 2.05) is 24.3 Å². The fraction of sp³-hybridized carbons (Fsp3) is 0.150. The molecule has 9 nitrogen and oxygen atoms in total. The molecule has 1 amide bonds. The van der Waals surface area contributed by atoms with Crippen molar-refractivity contribution in [2.45, 2.75) is 13.6 Å². The van der Waals surface area contributed by atoms with E-state index in [1.54, 1.807) is 13.0 Å². The summed E-state index contributed by atoms with van der Waals surface area (Å²) >= 11 is 1.33. The van der Waals surface area contributed by atoms with Crippen LogP contribution in [0.25, 0.3) is 21.1 Å². The standard InChI is InChI=1S/C20H16N4O5S/c1-11-7-13-15(9-14(11)24(28)29)23(20(27)18(25)21-13)10-22(2)19(26)17-8-12-5-3-4-6-16(12)30-17/h3-9H,10H2,1-2H3,(H,21,25). The molecule has 0 radical (unpaired) electrons. The molecule has 2 aromatic heterocycles. The molecule has 2 heterocycles. The van der Waals surface area contributed by atoms with E-state index in [0.29, 0.717) is 10.4 Å². The maximum Gasteiger partial charge on any atom is 0.318 e. The molecule has 0 spiro atoms. The van der Waals surface area contributed by atoms with Crippen molar-refractivity contribution in [2.24, 2.45) is 0 Å². The van der Waals surface area contributed by atoms with Crippen molar-refractivity contribution >= 4 is 44.1 Å². The van der Waals surface area contributed by atoms with Gasteiger partial charge < -0.3 is 9.88 Å². The number of aromatic amines is 1. The Balaban J connectivity index is 1.78. The molecule has 0 atom stereocenters. The molecule has 1 N–H and O–H groups in total. The van der Waals surface area contributed by atoms with Crippen LogP contribution in [0, 0.1) is 17.0 Å². The number of rotatable bonds is 4. The fourth-order valence-electron chi connectivity index (χ4n) is 3.31. The van der Waals surface area contributed by atoms with E-state index in [1.165, 1.54) is 35.4 Å². The van der Waals surface area contributed by atoms with Gasteiger partial charge in [0.25, 0.3) is 11.6 Å². The Hall–Kier alpha value is -3.79. The Morgan fingerprint density at radius 1 is 1.23 bits per heavy atom. The van der Waals surface area contributed by atoms with Gasteiger partial charge in [0, 0.05) is 23.4 Å². The van der Waals surface area contributed by atoms with E-state index in [-0.39, 0.29) is 29.3 Å². The van der Waals surface area contributed by atoms with Gasteiger partial charge in [-0.1, -0.05) is 18.2 Å².